The summed E-state index contributed by atoms with van der Waals surface area (Å²) in [6, 6.07) is 0. The molecule has 0 N–H and O–H groups in total. The highest BCUT2D eigenvalue weighted by atomic mass is 79.9. The molecule has 1 fully saturated rings. The Labute approximate surface area is 107 Å². The van der Waals surface area contributed by atoms with Gasteiger partial charge in [-0.25, -0.2) is 0 Å². The van der Waals surface area contributed by atoms with E-state index in [-0.39, 0.29) is 11.6 Å². The quantitative estimate of drug-likeness (QED) is 0.448. The van der Waals surface area contributed by atoms with Gasteiger partial charge in [-0.05, 0) is 32.6 Å². The summed E-state index contributed by atoms with van der Waals surface area (Å²) in [4.78, 5) is 11.5. The molecule has 2 nitrogen and oxygen atoms in total. The molecule has 0 bridgehead atoms. The van der Waals surface area contributed by atoms with Gasteiger partial charge in [0.25, 0.3) is 0 Å². The van der Waals surface area contributed by atoms with Crippen LogP contribution in [0.3, 0.4) is 0 Å². The fourth-order valence-electron chi connectivity index (χ4n) is 2.57. The van der Waals surface area contributed by atoms with E-state index in [1.54, 1.807) is 0 Å². The number of allylic oxidation sites excluding steroid dienone is 1. The van der Waals surface area contributed by atoms with Gasteiger partial charge in [0, 0.05) is 17.7 Å². The zero-order valence-corrected chi connectivity index (χ0v) is 12.0. The Bertz CT molecular complexity index is 288. The number of carbonyl (C=O) groups is 1. The highest BCUT2D eigenvalue weighted by Crippen LogP contribution is 2.46. The normalized spacial score (nSPS) is 33.8. The minimum Gasteiger partial charge on any atom is -0.459 e. The molecule has 3 atom stereocenters. The molecule has 0 amide bonds. The molecule has 0 aromatic carbocycles. The lowest BCUT2D eigenvalue weighted by atomic mass is 9.85. The summed E-state index contributed by atoms with van der Waals surface area (Å²) < 4.78 is 5.62. The van der Waals surface area contributed by atoms with Gasteiger partial charge in [0.1, 0.15) is 5.60 Å². The van der Waals surface area contributed by atoms with E-state index < -0.39 is 0 Å². The molecular weight excluding hydrogens is 268 g/mol. The van der Waals surface area contributed by atoms with Crippen LogP contribution in [0, 0.1) is 11.8 Å². The number of hydrogen-bond acceptors (Lipinski definition) is 2. The summed E-state index contributed by atoms with van der Waals surface area (Å²) in [6.07, 6.45) is 2.45. The van der Waals surface area contributed by atoms with Gasteiger partial charge >= 0.3 is 5.97 Å². The molecule has 0 aliphatic heterocycles. The lowest BCUT2D eigenvalue weighted by Crippen LogP contribution is -2.38. The molecule has 0 unspecified atom stereocenters. The Morgan fingerprint density at radius 1 is 1.62 bits per heavy atom. The number of ether oxygens (including phenoxy) is 1. The van der Waals surface area contributed by atoms with Crippen molar-refractivity contribution in [1.82, 2.24) is 0 Å². The minimum absolute atomic E-state index is 0.101. The third kappa shape index (κ3) is 2.68. The van der Waals surface area contributed by atoms with E-state index in [0.717, 1.165) is 18.2 Å². The topological polar surface area (TPSA) is 26.3 Å². The number of rotatable bonds is 4. The minimum atomic E-state index is -0.319. The average Bonchev–Trinajstić information content (AvgIpc) is 2.54. The van der Waals surface area contributed by atoms with Gasteiger partial charge in [0.15, 0.2) is 0 Å². The Hall–Kier alpha value is -0.310. The highest BCUT2D eigenvalue weighted by Gasteiger charge is 2.47. The fraction of sp³-hybridized carbons (Fsp3) is 0.769. The van der Waals surface area contributed by atoms with Gasteiger partial charge in [-0.15, -0.1) is 0 Å². The number of hydrogen-bond donors (Lipinski definition) is 0. The van der Waals surface area contributed by atoms with Gasteiger partial charge in [0.2, 0.25) is 0 Å². The molecule has 0 saturated heterocycles. The first-order valence-corrected chi connectivity index (χ1v) is 7.00. The lowest BCUT2D eigenvalue weighted by Gasteiger charge is -2.33. The standard InChI is InChI=1S/C13H21BrO2/c1-5-12(15)16-13(4)7-6-10(9(2)3)11(13)8-14/h10-11H,2,5-8H2,1,3-4H3/t10-,11-,13+/m0/s1. The van der Waals surface area contributed by atoms with Crippen molar-refractivity contribution in [3.63, 3.8) is 0 Å². The van der Waals surface area contributed by atoms with Gasteiger partial charge < -0.3 is 4.74 Å². The first-order chi connectivity index (χ1) is 7.44. The fourth-order valence-corrected chi connectivity index (χ4v) is 3.71. The SMILES string of the molecule is C=C(C)[C@@H]1CC[C@@](C)(OC(=O)CC)[C@H]1CBr. The first-order valence-electron chi connectivity index (χ1n) is 5.87. The van der Waals surface area contributed by atoms with E-state index in [4.69, 9.17) is 4.74 Å². The molecule has 0 aromatic heterocycles. The van der Waals surface area contributed by atoms with E-state index in [0.29, 0.717) is 18.3 Å². The van der Waals surface area contributed by atoms with Crippen molar-refractivity contribution in [2.24, 2.45) is 11.8 Å². The maximum absolute atomic E-state index is 11.5. The maximum atomic E-state index is 11.5. The van der Waals surface area contributed by atoms with Crippen LogP contribution in [-0.4, -0.2) is 16.9 Å². The molecule has 1 aliphatic carbocycles. The summed E-state index contributed by atoms with van der Waals surface area (Å²) in [6.45, 7) is 9.99. The van der Waals surface area contributed by atoms with Crippen molar-refractivity contribution in [2.75, 3.05) is 5.33 Å². The van der Waals surface area contributed by atoms with Crippen molar-refractivity contribution >= 4 is 21.9 Å². The molecular formula is C13H21BrO2. The van der Waals surface area contributed by atoms with Crippen LogP contribution in [-0.2, 0) is 9.53 Å². The van der Waals surface area contributed by atoms with Crippen LogP contribution >= 0.6 is 15.9 Å². The van der Waals surface area contributed by atoms with Crippen LogP contribution in [0.4, 0.5) is 0 Å². The van der Waals surface area contributed by atoms with Gasteiger partial charge in [-0.2, -0.15) is 0 Å². The highest BCUT2D eigenvalue weighted by molar-refractivity contribution is 9.09. The van der Waals surface area contributed by atoms with E-state index in [9.17, 15) is 4.79 Å². The van der Waals surface area contributed by atoms with Gasteiger partial charge in [-0.3, -0.25) is 4.79 Å². The van der Waals surface area contributed by atoms with Crippen molar-refractivity contribution in [3.05, 3.63) is 12.2 Å². The van der Waals surface area contributed by atoms with Crippen LogP contribution < -0.4 is 0 Å². The Morgan fingerprint density at radius 2 is 2.25 bits per heavy atom. The van der Waals surface area contributed by atoms with E-state index >= 15 is 0 Å². The number of alkyl halides is 1. The molecule has 1 aliphatic rings. The third-order valence-electron chi connectivity index (χ3n) is 3.66. The van der Waals surface area contributed by atoms with E-state index in [1.165, 1.54) is 5.57 Å². The summed E-state index contributed by atoms with van der Waals surface area (Å²) in [5.74, 6) is 0.713. The van der Waals surface area contributed by atoms with Crippen molar-refractivity contribution in [2.45, 2.75) is 45.6 Å². The number of halogens is 1. The predicted octanol–water partition coefficient (Wildman–Crippen LogP) is 3.70. The van der Waals surface area contributed by atoms with Crippen LogP contribution in [0.1, 0.15) is 40.0 Å². The zero-order chi connectivity index (χ0) is 12.3. The summed E-state index contributed by atoms with van der Waals surface area (Å²) in [5.41, 5.74) is 0.876. The summed E-state index contributed by atoms with van der Waals surface area (Å²) in [7, 11) is 0. The van der Waals surface area contributed by atoms with E-state index in [1.807, 2.05) is 6.92 Å². The van der Waals surface area contributed by atoms with Gasteiger partial charge in [0.05, 0.1) is 0 Å². The van der Waals surface area contributed by atoms with Crippen LogP contribution in [0.25, 0.3) is 0 Å². The second kappa shape index (κ2) is 5.35. The summed E-state index contributed by atoms with van der Waals surface area (Å²) in [5, 5.41) is 0.859. The Morgan fingerprint density at radius 3 is 2.69 bits per heavy atom. The largest absolute Gasteiger partial charge is 0.459 e. The Kier molecular flexibility index (Phi) is 4.60. The first kappa shape index (κ1) is 13.8. The zero-order valence-electron chi connectivity index (χ0n) is 10.4. The molecule has 0 radical (unpaired) electrons. The summed E-state index contributed by atoms with van der Waals surface area (Å²) >= 11 is 3.54. The number of esters is 1. The second-order valence-electron chi connectivity index (χ2n) is 4.89. The molecule has 1 saturated carbocycles. The molecule has 16 heavy (non-hydrogen) atoms. The molecule has 3 heteroatoms. The number of carbonyl (C=O) groups excluding carboxylic acids is 1. The van der Waals surface area contributed by atoms with Gasteiger partial charge in [-0.1, -0.05) is 35.0 Å². The third-order valence-corrected chi connectivity index (χ3v) is 4.35. The average molecular weight is 289 g/mol. The lowest BCUT2D eigenvalue weighted by molar-refractivity contribution is -0.161. The molecule has 1 rings (SSSR count). The maximum Gasteiger partial charge on any atom is 0.306 e. The van der Waals surface area contributed by atoms with Crippen LogP contribution in [0.15, 0.2) is 12.2 Å². The van der Waals surface area contributed by atoms with Crippen LogP contribution in [0.5, 0.6) is 0 Å². The van der Waals surface area contributed by atoms with Crippen molar-refractivity contribution in [3.8, 4) is 0 Å². The predicted molar refractivity (Wildman–Crippen MR) is 69.6 cm³/mol. The second-order valence-corrected chi connectivity index (χ2v) is 5.54. The molecule has 0 heterocycles. The molecule has 0 spiro atoms. The Balaban J connectivity index is 2.80. The van der Waals surface area contributed by atoms with Crippen molar-refractivity contribution in [1.29, 1.82) is 0 Å². The van der Waals surface area contributed by atoms with Crippen molar-refractivity contribution < 1.29 is 9.53 Å². The van der Waals surface area contributed by atoms with Crippen LogP contribution in [0.2, 0.25) is 0 Å². The van der Waals surface area contributed by atoms with E-state index in [2.05, 4.69) is 36.4 Å². The smallest absolute Gasteiger partial charge is 0.306 e. The molecule has 92 valence electrons. The molecule has 0 aromatic rings. The monoisotopic (exact) mass is 288 g/mol.